The Hall–Kier alpha value is -3.71. The first-order valence-electron chi connectivity index (χ1n) is 12.6. The van der Waals surface area contributed by atoms with E-state index in [-0.39, 0.29) is 30.2 Å². The number of anilines is 1. The largest absolute Gasteiger partial charge is 0.364 e. The lowest BCUT2D eigenvalue weighted by atomic mass is 9.98. The van der Waals surface area contributed by atoms with Crippen LogP contribution in [-0.4, -0.2) is 59.0 Å². The maximum Gasteiger partial charge on any atom is 0.252 e. The van der Waals surface area contributed by atoms with Crippen molar-refractivity contribution in [1.82, 2.24) is 33.8 Å². The minimum Gasteiger partial charge on any atom is -0.364 e. The average molecular weight is 488 g/mol. The van der Waals surface area contributed by atoms with Crippen molar-refractivity contribution in [3.05, 3.63) is 52.3 Å². The van der Waals surface area contributed by atoms with Gasteiger partial charge in [0.25, 0.3) is 5.56 Å². The van der Waals surface area contributed by atoms with Crippen LogP contribution in [-0.2, 0) is 13.6 Å². The fourth-order valence-electron chi connectivity index (χ4n) is 5.48. The van der Waals surface area contributed by atoms with Crippen LogP contribution in [0.3, 0.4) is 0 Å². The highest BCUT2D eigenvalue weighted by Gasteiger charge is 2.36. The number of piperazine rings is 1. The highest BCUT2D eigenvalue weighted by Crippen LogP contribution is 2.34. The molecule has 5 rings (SSSR count). The van der Waals surface area contributed by atoms with Gasteiger partial charge in [-0.1, -0.05) is 13.8 Å². The summed E-state index contributed by atoms with van der Waals surface area (Å²) in [5.41, 5.74) is 5.17. The molecule has 0 saturated carbocycles. The Morgan fingerprint density at radius 1 is 1.17 bits per heavy atom. The van der Waals surface area contributed by atoms with Crippen molar-refractivity contribution in [2.24, 2.45) is 7.05 Å². The normalized spacial score (nSPS) is 19.7. The molecule has 0 radical (unpaired) electrons. The third-order valence-corrected chi connectivity index (χ3v) is 7.55. The van der Waals surface area contributed by atoms with E-state index in [9.17, 15) is 4.79 Å². The summed E-state index contributed by atoms with van der Waals surface area (Å²) in [5, 5.41) is 18.3. The van der Waals surface area contributed by atoms with E-state index in [0.717, 1.165) is 59.7 Å². The van der Waals surface area contributed by atoms with Gasteiger partial charge in [-0.15, -0.1) is 0 Å². The highest BCUT2D eigenvalue weighted by molar-refractivity contribution is 5.88. The van der Waals surface area contributed by atoms with Crippen molar-refractivity contribution in [2.45, 2.75) is 65.2 Å². The number of aryl methyl sites for hydroxylation is 2. The van der Waals surface area contributed by atoms with Crippen LogP contribution >= 0.6 is 0 Å². The number of aromatic nitrogens is 6. The molecule has 1 saturated heterocycles. The van der Waals surface area contributed by atoms with Crippen molar-refractivity contribution in [2.75, 3.05) is 18.0 Å². The fourth-order valence-corrected chi connectivity index (χ4v) is 5.48. The van der Waals surface area contributed by atoms with Gasteiger partial charge >= 0.3 is 0 Å². The molecule has 10 nitrogen and oxygen atoms in total. The van der Waals surface area contributed by atoms with Crippen LogP contribution in [0.2, 0.25) is 0 Å². The Morgan fingerprint density at radius 2 is 1.94 bits per heavy atom. The van der Waals surface area contributed by atoms with Crippen LogP contribution < -0.4 is 10.5 Å². The quantitative estimate of drug-likeness (QED) is 0.412. The first-order chi connectivity index (χ1) is 17.3. The van der Waals surface area contributed by atoms with Gasteiger partial charge in [0.15, 0.2) is 5.65 Å². The van der Waals surface area contributed by atoms with Gasteiger partial charge in [-0.2, -0.15) is 15.5 Å². The van der Waals surface area contributed by atoms with E-state index in [1.165, 1.54) is 0 Å². The first-order valence-corrected chi connectivity index (χ1v) is 12.6. The Kier molecular flexibility index (Phi) is 6.26. The number of pyridine rings is 1. The zero-order valence-corrected chi connectivity index (χ0v) is 21.6. The maximum atomic E-state index is 12.9. The molecule has 10 heteroatoms. The summed E-state index contributed by atoms with van der Waals surface area (Å²) in [6, 6.07) is 8.56. The van der Waals surface area contributed by atoms with Crippen LogP contribution in [0.25, 0.3) is 16.7 Å². The van der Waals surface area contributed by atoms with Crippen molar-refractivity contribution < 1.29 is 0 Å². The molecule has 3 atom stereocenters. The second kappa shape index (κ2) is 9.39. The molecule has 0 N–H and O–H groups in total. The van der Waals surface area contributed by atoms with E-state index in [1.54, 1.807) is 28.6 Å². The predicted molar refractivity (Wildman–Crippen MR) is 139 cm³/mol. The van der Waals surface area contributed by atoms with E-state index < -0.39 is 0 Å². The fraction of sp³-hybridized carbons (Fsp3) is 0.500. The number of hydrogen-bond donors (Lipinski definition) is 0. The zero-order chi connectivity index (χ0) is 25.6. The third kappa shape index (κ3) is 4.03. The Bertz CT molecular complexity index is 1510. The van der Waals surface area contributed by atoms with Gasteiger partial charge in [0.2, 0.25) is 0 Å². The van der Waals surface area contributed by atoms with Gasteiger partial charge in [-0.05, 0) is 32.8 Å². The molecule has 0 bridgehead atoms. The molecule has 0 aromatic carbocycles. The number of fused-ring (bicyclic) bond motifs is 2. The van der Waals surface area contributed by atoms with Crippen LogP contribution in [0.4, 0.5) is 5.69 Å². The van der Waals surface area contributed by atoms with Crippen LogP contribution in [0.15, 0.2) is 35.4 Å². The Morgan fingerprint density at radius 3 is 2.67 bits per heavy atom. The van der Waals surface area contributed by atoms with Gasteiger partial charge in [-0.25, -0.2) is 9.50 Å². The molecule has 1 aliphatic rings. The van der Waals surface area contributed by atoms with E-state index >= 15 is 0 Å². The topological polar surface area (TPSA) is 100 Å². The lowest BCUT2D eigenvalue weighted by molar-refractivity contribution is 0.0992. The van der Waals surface area contributed by atoms with Crippen molar-refractivity contribution in [1.29, 1.82) is 5.26 Å². The molecule has 0 unspecified atom stereocenters. The van der Waals surface area contributed by atoms with Crippen molar-refractivity contribution >= 4 is 22.4 Å². The SMILES string of the molecule is CC[C@H]1CN([C@H](C)c2ccn3nc(C)cc3n2)[C@H](CC)CN1c1cc(=O)n(C)c2cn(CC#N)nc12. The number of rotatable bonds is 6. The minimum atomic E-state index is -0.0682. The number of hydrogen-bond acceptors (Lipinski definition) is 7. The Labute approximate surface area is 210 Å². The van der Waals surface area contributed by atoms with Crippen LogP contribution in [0, 0.1) is 18.3 Å². The molecule has 36 heavy (non-hydrogen) atoms. The van der Waals surface area contributed by atoms with E-state index in [1.807, 2.05) is 23.7 Å². The summed E-state index contributed by atoms with van der Waals surface area (Å²) in [4.78, 5) is 22.7. The molecule has 0 aliphatic carbocycles. The van der Waals surface area contributed by atoms with Gasteiger partial charge in [0, 0.05) is 56.6 Å². The molecule has 4 aromatic rings. The summed E-state index contributed by atoms with van der Waals surface area (Å²) in [6.45, 7) is 10.4. The zero-order valence-electron chi connectivity index (χ0n) is 21.6. The van der Waals surface area contributed by atoms with Gasteiger partial charge in [-0.3, -0.25) is 14.4 Å². The molecular weight excluding hydrogens is 454 g/mol. The standard InChI is InChI=1S/C26H33N9O/c1-6-19-15-34(22-13-25(36)31(5)23-16-32(11-9-27)30-26(22)23)20(7-2)14-33(19)18(4)21-8-10-35-24(28-21)12-17(3)29-35/h8,10,12-13,16,18-20H,6-7,11,14-15H2,1-5H3/t18-,19-,20+/m1/s1. The molecule has 1 fully saturated rings. The van der Waals surface area contributed by atoms with E-state index in [4.69, 9.17) is 15.3 Å². The van der Waals surface area contributed by atoms with Gasteiger partial charge in [0.05, 0.1) is 34.9 Å². The summed E-state index contributed by atoms with van der Waals surface area (Å²) >= 11 is 0. The monoisotopic (exact) mass is 487 g/mol. The second-order valence-electron chi connectivity index (χ2n) is 9.74. The number of nitrogens with zero attached hydrogens (tertiary/aromatic N) is 9. The maximum absolute atomic E-state index is 12.9. The summed E-state index contributed by atoms with van der Waals surface area (Å²) in [5.74, 6) is 0. The van der Waals surface area contributed by atoms with Crippen molar-refractivity contribution in [3.8, 4) is 6.07 Å². The smallest absolute Gasteiger partial charge is 0.252 e. The second-order valence-corrected chi connectivity index (χ2v) is 9.74. The molecule has 1 aliphatic heterocycles. The molecule has 188 valence electrons. The minimum absolute atomic E-state index is 0.0682. The summed E-state index contributed by atoms with van der Waals surface area (Å²) in [7, 11) is 1.75. The van der Waals surface area contributed by atoms with Gasteiger partial charge < -0.3 is 9.47 Å². The molecule has 0 amide bonds. The molecule has 0 spiro atoms. The van der Waals surface area contributed by atoms with Crippen LogP contribution in [0.1, 0.15) is 51.0 Å². The lowest BCUT2D eigenvalue weighted by Gasteiger charge is -2.49. The van der Waals surface area contributed by atoms with Crippen molar-refractivity contribution in [3.63, 3.8) is 0 Å². The van der Waals surface area contributed by atoms with E-state index in [2.05, 4.69) is 47.8 Å². The van der Waals surface area contributed by atoms with E-state index in [0.29, 0.717) is 0 Å². The van der Waals surface area contributed by atoms with Gasteiger partial charge in [0.1, 0.15) is 12.1 Å². The highest BCUT2D eigenvalue weighted by atomic mass is 16.1. The summed E-state index contributed by atoms with van der Waals surface area (Å²) in [6.07, 6.45) is 5.69. The lowest BCUT2D eigenvalue weighted by Crippen LogP contribution is -2.59. The van der Waals surface area contributed by atoms with Crippen LogP contribution in [0.5, 0.6) is 0 Å². The predicted octanol–water partition coefficient (Wildman–Crippen LogP) is 3.05. The molecule has 4 aromatic heterocycles. The summed E-state index contributed by atoms with van der Waals surface area (Å²) < 4.78 is 5.04. The Balaban J connectivity index is 1.50. The number of nitriles is 1. The average Bonchev–Trinajstić information content (AvgIpc) is 3.47. The molecule has 5 heterocycles. The molecular formula is C26H33N9O. The third-order valence-electron chi connectivity index (χ3n) is 7.55. The first kappa shape index (κ1) is 24.0.